The fraction of sp³-hybridized carbons (Fsp3) is 0.316. The zero-order valence-electron chi connectivity index (χ0n) is 14.2. The van der Waals surface area contributed by atoms with Crippen molar-refractivity contribution in [2.75, 3.05) is 20.3 Å². The molecule has 5 nitrogen and oxygen atoms in total. The van der Waals surface area contributed by atoms with E-state index in [0.717, 1.165) is 17.4 Å². The number of aryl methyl sites for hydroxylation is 1. The number of hydrogen-bond donors (Lipinski definition) is 2. The van der Waals surface area contributed by atoms with Gasteiger partial charge in [0, 0.05) is 36.1 Å². The third-order valence-corrected chi connectivity index (χ3v) is 5.00. The van der Waals surface area contributed by atoms with Crippen molar-refractivity contribution in [1.29, 1.82) is 0 Å². The standard InChI is InChI=1S/C19H21NO4S/c1-12-16-4-3-15(23-2)8-17(16)24-18(12)19(22)20-9-14(10-21)7-13-5-6-25-11-13/h3-6,8,11,14,21H,7,9-10H2,1-2H3,(H,20,22). The molecule has 0 aliphatic heterocycles. The molecule has 0 radical (unpaired) electrons. The average Bonchev–Trinajstić information content (AvgIpc) is 3.25. The molecule has 1 unspecified atom stereocenters. The molecule has 2 heterocycles. The maximum atomic E-state index is 12.5. The summed E-state index contributed by atoms with van der Waals surface area (Å²) in [5, 5.41) is 17.4. The van der Waals surface area contributed by atoms with Gasteiger partial charge in [-0.05, 0) is 47.9 Å². The van der Waals surface area contributed by atoms with E-state index in [9.17, 15) is 9.90 Å². The zero-order chi connectivity index (χ0) is 17.8. The molecule has 0 spiro atoms. The van der Waals surface area contributed by atoms with E-state index in [4.69, 9.17) is 9.15 Å². The van der Waals surface area contributed by atoms with Crippen LogP contribution in [0.5, 0.6) is 5.75 Å². The second-order valence-corrected chi connectivity index (χ2v) is 6.79. The topological polar surface area (TPSA) is 71.7 Å². The van der Waals surface area contributed by atoms with Crippen LogP contribution in [0.15, 0.2) is 39.4 Å². The first-order valence-corrected chi connectivity index (χ1v) is 9.04. The number of aliphatic hydroxyl groups is 1. The Morgan fingerprint density at radius 1 is 1.40 bits per heavy atom. The molecule has 0 aliphatic rings. The molecular weight excluding hydrogens is 338 g/mol. The number of furan rings is 1. The number of benzene rings is 1. The van der Waals surface area contributed by atoms with Crippen LogP contribution in [0.25, 0.3) is 11.0 Å². The molecule has 6 heteroatoms. The molecule has 2 N–H and O–H groups in total. The Labute approximate surface area is 150 Å². The number of rotatable bonds is 7. The highest BCUT2D eigenvalue weighted by Gasteiger charge is 2.19. The van der Waals surface area contributed by atoms with Gasteiger partial charge in [-0.2, -0.15) is 11.3 Å². The molecule has 0 fully saturated rings. The van der Waals surface area contributed by atoms with Crippen LogP contribution in [-0.4, -0.2) is 31.3 Å². The van der Waals surface area contributed by atoms with Gasteiger partial charge >= 0.3 is 0 Å². The second kappa shape index (κ2) is 7.72. The van der Waals surface area contributed by atoms with Gasteiger partial charge in [0.2, 0.25) is 0 Å². The molecule has 132 valence electrons. The Morgan fingerprint density at radius 3 is 2.92 bits per heavy atom. The SMILES string of the molecule is COc1ccc2c(C)c(C(=O)NCC(CO)Cc3ccsc3)oc2c1. The fourth-order valence-corrected chi connectivity index (χ4v) is 3.49. The van der Waals surface area contributed by atoms with Crippen LogP contribution in [0.3, 0.4) is 0 Å². The van der Waals surface area contributed by atoms with Gasteiger partial charge in [0.1, 0.15) is 11.3 Å². The summed E-state index contributed by atoms with van der Waals surface area (Å²) in [6.07, 6.45) is 0.733. The van der Waals surface area contributed by atoms with Gasteiger partial charge in [-0.25, -0.2) is 0 Å². The number of fused-ring (bicyclic) bond motifs is 1. The molecule has 1 aromatic carbocycles. The molecule has 1 atom stereocenters. The van der Waals surface area contributed by atoms with E-state index in [2.05, 4.69) is 10.7 Å². The number of thiophene rings is 1. The molecule has 0 saturated carbocycles. The Bertz CT molecular complexity index is 854. The highest BCUT2D eigenvalue weighted by molar-refractivity contribution is 7.07. The van der Waals surface area contributed by atoms with Crippen LogP contribution in [0.1, 0.15) is 21.7 Å². The highest BCUT2D eigenvalue weighted by Crippen LogP contribution is 2.28. The van der Waals surface area contributed by atoms with Gasteiger partial charge in [-0.15, -0.1) is 0 Å². The van der Waals surface area contributed by atoms with E-state index in [1.54, 1.807) is 24.5 Å². The lowest BCUT2D eigenvalue weighted by Crippen LogP contribution is -2.31. The van der Waals surface area contributed by atoms with Gasteiger partial charge in [-0.1, -0.05) is 0 Å². The van der Waals surface area contributed by atoms with Crippen molar-refractivity contribution in [2.45, 2.75) is 13.3 Å². The molecule has 25 heavy (non-hydrogen) atoms. The van der Waals surface area contributed by atoms with Crippen molar-refractivity contribution in [3.05, 3.63) is 51.9 Å². The van der Waals surface area contributed by atoms with Crippen LogP contribution in [0.2, 0.25) is 0 Å². The molecule has 0 bridgehead atoms. The number of nitrogens with one attached hydrogen (secondary N) is 1. The van der Waals surface area contributed by atoms with Gasteiger partial charge < -0.3 is 19.6 Å². The summed E-state index contributed by atoms with van der Waals surface area (Å²) in [6, 6.07) is 7.53. The molecule has 1 amide bonds. The first kappa shape index (κ1) is 17.5. The van der Waals surface area contributed by atoms with E-state index >= 15 is 0 Å². The fourth-order valence-electron chi connectivity index (χ4n) is 2.81. The number of aliphatic hydroxyl groups excluding tert-OH is 1. The van der Waals surface area contributed by atoms with Crippen molar-refractivity contribution < 1.29 is 19.1 Å². The van der Waals surface area contributed by atoms with E-state index in [-0.39, 0.29) is 18.4 Å². The summed E-state index contributed by atoms with van der Waals surface area (Å²) in [6.45, 7) is 2.28. The lowest BCUT2D eigenvalue weighted by atomic mass is 10.0. The van der Waals surface area contributed by atoms with Crippen LogP contribution < -0.4 is 10.1 Å². The van der Waals surface area contributed by atoms with Gasteiger partial charge in [0.05, 0.1) is 7.11 Å². The monoisotopic (exact) mass is 359 g/mol. The minimum Gasteiger partial charge on any atom is -0.497 e. The van der Waals surface area contributed by atoms with Crippen molar-refractivity contribution >= 4 is 28.2 Å². The van der Waals surface area contributed by atoms with Crippen molar-refractivity contribution in [3.8, 4) is 5.75 Å². The van der Waals surface area contributed by atoms with Crippen LogP contribution in [-0.2, 0) is 6.42 Å². The lowest BCUT2D eigenvalue weighted by molar-refractivity contribution is 0.0913. The highest BCUT2D eigenvalue weighted by atomic mass is 32.1. The molecule has 0 aliphatic carbocycles. The summed E-state index contributed by atoms with van der Waals surface area (Å²) in [5.41, 5.74) is 2.60. The molecule has 3 rings (SSSR count). The summed E-state index contributed by atoms with van der Waals surface area (Å²) >= 11 is 1.63. The number of methoxy groups -OCH3 is 1. The Kier molecular flexibility index (Phi) is 5.40. The summed E-state index contributed by atoms with van der Waals surface area (Å²) < 4.78 is 10.9. The Hall–Kier alpha value is -2.31. The maximum absolute atomic E-state index is 12.5. The quantitative estimate of drug-likeness (QED) is 0.678. The molecular formula is C19H21NO4S. The predicted molar refractivity (Wildman–Crippen MR) is 98.4 cm³/mol. The predicted octanol–water partition coefficient (Wildman–Crippen LogP) is 3.39. The normalized spacial score (nSPS) is 12.3. The molecule has 2 aromatic heterocycles. The third-order valence-electron chi connectivity index (χ3n) is 4.27. The average molecular weight is 359 g/mol. The van der Waals surface area contributed by atoms with Crippen molar-refractivity contribution in [1.82, 2.24) is 5.32 Å². The van der Waals surface area contributed by atoms with E-state index < -0.39 is 0 Å². The smallest absolute Gasteiger partial charge is 0.287 e. The zero-order valence-corrected chi connectivity index (χ0v) is 15.1. The van der Waals surface area contributed by atoms with Crippen LogP contribution in [0.4, 0.5) is 0 Å². The third kappa shape index (κ3) is 3.86. The maximum Gasteiger partial charge on any atom is 0.287 e. The van der Waals surface area contributed by atoms with E-state index in [0.29, 0.717) is 23.6 Å². The molecule has 3 aromatic rings. The number of amides is 1. The Balaban J connectivity index is 1.70. The van der Waals surface area contributed by atoms with E-state index in [1.807, 2.05) is 30.5 Å². The lowest BCUT2D eigenvalue weighted by Gasteiger charge is -2.14. The van der Waals surface area contributed by atoms with Gasteiger partial charge in [0.15, 0.2) is 5.76 Å². The van der Waals surface area contributed by atoms with Crippen molar-refractivity contribution in [3.63, 3.8) is 0 Å². The molecule has 0 saturated heterocycles. The minimum atomic E-state index is -0.267. The number of ether oxygens (including phenoxy) is 1. The summed E-state index contributed by atoms with van der Waals surface area (Å²) in [5.74, 6) is 0.694. The minimum absolute atomic E-state index is 0.0203. The number of hydrogen-bond acceptors (Lipinski definition) is 5. The number of carbonyl (C=O) groups excluding carboxylic acids is 1. The summed E-state index contributed by atoms with van der Waals surface area (Å²) in [7, 11) is 1.59. The Morgan fingerprint density at radius 2 is 2.24 bits per heavy atom. The number of carbonyl (C=O) groups is 1. The van der Waals surface area contributed by atoms with Gasteiger partial charge in [-0.3, -0.25) is 4.79 Å². The largest absolute Gasteiger partial charge is 0.497 e. The summed E-state index contributed by atoms with van der Waals surface area (Å²) in [4.78, 5) is 12.5. The van der Waals surface area contributed by atoms with Crippen molar-refractivity contribution in [2.24, 2.45) is 5.92 Å². The van der Waals surface area contributed by atoms with Gasteiger partial charge in [0.25, 0.3) is 5.91 Å². The van der Waals surface area contributed by atoms with Crippen LogP contribution in [0, 0.1) is 12.8 Å². The first-order valence-electron chi connectivity index (χ1n) is 8.09. The van der Waals surface area contributed by atoms with E-state index in [1.165, 1.54) is 5.56 Å². The second-order valence-electron chi connectivity index (χ2n) is 6.01. The first-order chi connectivity index (χ1) is 12.1. The van der Waals surface area contributed by atoms with Crippen LogP contribution >= 0.6 is 11.3 Å².